The molecule has 138 valence electrons. The summed E-state index contributed by atoms with van der Waals surface area (Å²) in [5, 5.41) is 6.29. The number of halogens is 2. The Kier molecular flexibility index (Phi) is 7.03. The van der Waals surface area contributed by atoms with Gasteiger partial charge in [0.2, 0.25) is 5.91 Å². The van der Waals surface area contributed by atoms with Crippen molar-refractivity contribution >= 4 is 47.4 Å². The van der Waals surface area contributed by atoms with Crippen molar-refractivity contribution in [2.75, 3.05) is 18.4 Å². The van der Waals surface area contributed by atoms with E-state index in [1.165, 1.54) is 0 Å². The highest BCUT2D eigenvalue weighted by molar-refractivity contribution is 5.92. The van der Waals surface area contributed by atoms with Crippen molar-refractivity contribution in [3.05, 3.63) is 54.9 Å². The molecule has 2 aromatic carbocycles. The maximum Gasteiger partial charge on any atom is 0.228 e. The number of benzene rings is 2. The fourth-order valence-corrected chi connectivity index (χ4v) is 3.19. The summed E-state index contributed by atoms with van der Waals surface area (Å²) in [4.78, 5) is 16.7. The normalized spacial score (nSPS) is 16.4. The summed E-state index contributed by atoms with van der Waals surface area (Å²) in [6.07, 6.45) is 3.84. The van der Waals surface area contributed by atoms with E-state index in [0.717, 1.165) is 48.3 Å². The average molecular weight is 393 g/mol. The molecule has 0 spiro atoms. The van der Waals surface area contributed by atoms with Crippen molar-refractivity contribution in [1.29, 1.82) is 0 Å². The van der Waals surface area contributed by atoms with Crippen LogP contribution in [0.25, 0.3) is 16.7 Å². The van der Waals surface area contributed by atoms with Gasteiger partial charge < -0.3 is 10.6 Å². The maximum atomic E-state index is 12.3. The highest BCUT2D eigenvalue weighted by atomic mass is 35.5. The Labute approximate surface area is 165 Å². The number of aromatic nitrogens is 2. The van der Waals surface area contributed by atoms with E-state index in [1.54, 1.807) is 0 Å². The van der Waals surface area contributed by atoms with Crippen LogP contribution in [0.15, 0.2) is 54.9 Å². The zero-order valence-corrected chi connectivity index (χ0v) is 15.9. The van der Waals surface area contributed by atoms with Crippen LogP contribution in [0.1, 0.15) is 12.8 Å². The van der Waals surface area contributed by atoms with Crippen molar-refractivity contribution in [1.82, 2.24) is 14.9 Å². The first kappa shape index (κ1) is 20.2. The van der Waals surface area contributed by atoms with Crippen molar-refractivity contribution < 1.29 is 4.79 Å². The Hall–Kier alpha value is -2.08. The molecular weight excluding hydrogens is 371 g/mol. The van der Waals surface area contributed by atoms with Gasteiger partial charge in [0.05, 0.1) is 17.0 Å². The van der Waals surface area contributed by atoms with E-state index < -0.39 is 0 Å². The number of hydrogen-bond donors (Lipinski definition) is 2. The fraction of sp³-hybridized carbons (Fsp3) is 0.263. The third-order valence-corrected chi connectivity index (χ3v) is 4.53. The van der Waals surface area contributed by atoms with Crippen LogP contribution in [0, 0.1) is 5.92 Å². The van der Waals surface area contributed by atoms with Gasteiger partial charge in [-0.25, -0.2) is 4.98 Å². The molecular formula is C19H22Cl2N4O. The van der Waals surface area contributed by atoms with E-state index in [2.05, 4.69) is 15.6 Å². The van der Waals surface area contributed by atoms with Crippen LogP contribution in [0.2, 0.25) is 0 Å². The highest BCUT2D eigenvalue weighted by Gasteiger charge is 2.20. The first-order valence-corrected chi connectivity index (χ1v) is 8.35. The van der Waals surface area contributed by atoms with Gasteiger partial charge in [-0.15, -0.1) is 24.8 Å². The molecule has 7 heteroatoms. The average Bonchev–Trinajstić information content (AvgIpc) is 3.07. The SMILES string of the molecule is Cl.Cl.O=C(Nc1ccc(-n2cnc3ccccc32)cc1)C1CCCNC1. The van der Waals surface area contributed by atoms with E-state index in [0.29, 0.717) is 0 Å². The van der Waals surface area contributed by atoms with Gasteiger partial charge in [-0.2, -0.15) is 0 Å². The zero-order valence-electron chi connectivity index (χ0n) is 14.2. The highest BCUT2D eigenvalue weighted by Crippen LogP contribution is 2.20. The first-order valence-electron chi connectivity index (χ1n) is 8.35. The standard InChI is InChI=1S/C19H20N4O.2ClH/c24-19(14-4-3-11-20-12-14)22-15-7-9-16(10-8-15)23-13-21-17-5-1-2-6-18(17)23;;/h1-2,5-10,13-14,20H,3-4,11-12H2,(H,22,24);2*1H. The summed E-state index contributed by atoms with van der Waals surface area (Å²) in [6.45, 7) is 1.78. The second-order valence-electron chi connectivity index (χ2n) is 6.18. The van der Waals surface area contributed by atoms with Gasteiger partial charge >= 0.3 is 0 Å². The van der Waals surface area contributed by atoms with Crippen LogP contribution < -0.4 is 10.6 Å². The quantitative estimate of drug-likeness (QED) is 0.712. The summed E-state index contributed by atoms with van der Waals surface area (Å²) in [6, 6.07) is 15.9. The van der Waals surface area contributed by atoms with Gasteiger partial charge in [-0.05, 0) is 55.8 Å². The first-order chi connectivity index (χ1) is 11.8. The molecule has 1 amide bonds. The van der Waals surface area contributed by atoms with Gasteiger partial charge in [0.15, 0.2) is 0 Å². The molecule has 1 aromatic heterocycles. The van der Waals surface area contributed by atoms with Crippen LogP contribution >= 0.6 is 24.8 Å². The van der Waals surface area contributed by atoms with Crippen LogP contribution in [-0.4, -0.2) is 28.5 Å². The van der Waals surface area contributed by atoms with Crippen LogP contribution in [0.3, 0.4) is 0 Å². The summed E-state index contributed by atoms with van der Waals surface area (Å²) in [5.74, 6) is 0.166. The number of fused-ring (bicyclic) bond motifs is 1. The van der Waals surface area contributed by atoms with Crippen molar-refractivity contribution in [2.24, 2.45) is 5.92 Å². The molecule has 1 atom stereocenters. The fourth-order valence-electron chi connectivity index (χ4n) is 3.19. The van der Waals surface area contributed by atoms with E-state index >= 15 is 0 Å². The smallest absolute Gasteiger partial charge is 0.228 e. The number of anilines is 1. The van der Waals surface area contributed by atoms with E-state index in [-0.39, 0.29) is 36.6 Å². The number of piperidine rings is 1. The monoisotopic (exact) mass is 392 g/mol. The number of imidazole rings is 1. The minimum absolute atomic E-state index is 0. The lowest BCUT2D eigenvalue weighted by Gasteiger charge is -2.21. The van der Waals surface area contributed by atoms with Gasteiger partial charge in [0, 0.05) is 17.9 Å². The van der Waals surface area contributed by atoms with Crippen LogP contribution in [-0.2, 0) is 4.79 Å². The van der Waals surface area contributed by atoms with E-state index in [9.17, 15) is 4.79 Å². The molecule has 26 heavy (non-hydrogen) atoms. The number of hydrogen-bond acceptors (Lipinski definition) is 3. The number of carbonyl (C=O) groups is 1. The lowest BCUT2D eigenvalue weighted by atomic mass is 9.99. The number of carbonyl (C=O) groups excluding carboxylic acids is 1. The number of nitrogens with one attached hydrogen (secondary N) is 2. The van der Waals surface area contributed by atoms with Gasteiger partial charge in [0.25, 0.3) is 0 Å². The number of nitrogens with zero attached hydrogens (tertiary/aromatic N) is 2. The largest absolute Gasteiger partial charge is 0.326 e. The predicted molar refractivity (Wildman–Crippen MR) is 110 cm³/mol. The third-order valence-electron chi connectivity index (χ3n) is 4.53. The van der Waals surface area contributed by atoms with Crippen LogP contribution in [0.4, 0.5) is 5.69 Å². The molecule has 0 saturated carbocycles. The molecule has 0 bridgehead atoms. The molecule has 1 unspecified atom stereocenters. The molecule has 1 fully saturated rings. The Bertz CT molecular complexity index is 857. The Balaban J connectivity index is 0.00000121. The molecule has 2 N–H and O–H groups in total. The molecule has 0 aliphatic carbocycles. The molecule has 1 aliphatic heterocycles. The molecule has 1 aliphatic rings. The molecule has 1 saturated heterocycles. The molecule has 3 aromatic rings. The lowest BCUT2D eigenvalue weighted by Crippen LogP contribution is -2.37. The second kappa shape index (κ2) is 9.03. The Morgan fingerprint density at radius 3 is 2.62 bits per heavy atom. The van der Waals surface area contributed by atoms with Crippen molar-refractivity contribution in [3.8, 4) is 5.69 Å². The minimum Gasteiger partial charge on any atom is -0.326 e. The zero-order chi connectivity index (χ0) is 16.4. The predicted octanol–water partition coefficient (Wildman–Crippen LogP) is 3.81. The van der Waals surface area contributed by atoms with Gasteiger partial charge in [-0.3, -0.25) is 9.36 Å². The minimum atomic E-state index is 0. The topological polar surface area (TPSA) is 59.0 Å². The van der Waals surface area contributed by atoms with Crippen molar-refractivity contribution in [3.63, 3.8) is 0 Å². The maximum absolute atomic E-state index is 12.3. The Morgan fingerprint density at radius 1 is 1.12 bits per heavy atom. The van der Waals surface area contributed by atoms with Gasteiger partial charge in [0.1, 0.15) is 6.33 Å². The Morgan fingerprint density at radius 2 is 1.88 bits per heavy atom. The van der Waals surface area contributed by atoms with Crippen LogP contribution in [0.5, 0.6) is 0 Å². The number of rotatable bonds is 3. The van der Waals surface area contributed by atoms with E-state index in [1.807, 2.05) is 59.4 Å². The molecule has 4 rings (SSSR count). The molecule has 5 nitrogen and oxygen atoms in total. The second-order valence-corrected chi connectivity index (χ2v) is 6.18. The summed E-state index contributed by atoms with van der Waals surface area (Å²) >= 11 is 0. The van der Waals surface area contributed by atoms with E-state index in [4.69, 9.17) is 0 Å². The molecule has 2 heterocycles. The summed E-state index contributed by atoms with van der Waals surface area (Å²) in [5.41, 5.74) is 3.90. The van der Waals surface area contributed by atoms with Crippen molar-refractivity contribution in [2.45, 2.75) is 12.8 Å². The molecule has 0 radical (unpaired) electrons. The number of amides is 1. The lowest BCUT2D eigenvalue weighted by molar-refractivity contribution is -0.120. The van der Waals surface area contributed by atoms with Gasteiger partial charge in [-0.1, -0.05) is 12.1 Å². The number of para-hydroxylation sites is 2. The third kappa shape index (κ3) is 4.18. The summed E-state index contributed by atoms with van der Waals surface area (Å²) < 4.78 is 2.05. The summed E-state index contributed by atoms with van der Waals surface area (Å²) in [7, 11) is 0.